The standard InChI is InChI=1S/C22H17BrF2N2O2/c23-18-13-11-15(12-14-18)19(26-27-21(29)17-9-5-2-6-10-17)22(24,25)20(28)16-7-3-1-4-8-16/h1-14,19,26H,(H,27,29). The zero-order valence-corrected chi connectivity index (χ0v) is 16.7. The van der Waals surface area contributed by atoms with Gasteiger partial charge in [0.1, 0.15) is 6.04 Å². The summed E-state index contributed by atoms with van der Waals surface area (Å²) in [5.41, 5.74) is 4.98. The largest absolute Gasteiger partial charge is 0.330 e. The number of alkyl halides is 2. The number of Topliss-reactive ketones (excluding diaryl/α,β-unsaturated/α-hetero) is 1. The Bertz CT molecular complexity index is 981. The van der Waals surface area contributed by atoms with Gasteiger partial charge >= 0.3 is 5.92 Å². The Morgan fingerprint density at radius 1 is 0.793 bits per heavy atom. The summed E-state index contributed by atoms with van der Waals surface area (Å²) in [6.07, 6.45) is 0. The van der Waals surface area contributed by atoms with Gasteiger partial charge in [0, 0.05) is 15.6 Å². The molecule has 0 fully saturated rings. The molecule has 0 aromatic heterocycles. The molecule has 0 heterocycles. The lowest BCUT2D eigenvalue weighted by Gasteiger charge is -2.27. The lowest BCUT2D eigenvalue weighted by atomic mass is 9.94. The minimum Gasteiger partial charge on any atom is -0.287 e. The molecule has 3 aromatic carbocycles. The van der Waals surface area contributed by atoms with Crippen molar-refractivity contribution < 1.29 is 18.4 Å². The van der Waals surface area contributed by atoms with Crippen LogP contribution in [0.25, 0.3) is 0 Å². The molecule has 148 valence electrons. The highest BCUT2D eigenvalue weighted by molar-refractivity contribution is 9.10. The van der Waals surface area contributed by atoms with Crippen molar-refractivity contribution in [3.8, 4) is 0 Å². The Morgan fingerprint density at radius 2 is 1.31 bits per heavy atom. The van der Waals surface area contributed by atoms with E-state index in [2.05, 4.69) is 26.8 Å². The van der Waals surface area contributed by atoms with Gasteiger partial charge in [-0.3, -0.25) is 15.0 Å². The third-order valence-electron chi connectivity index (χ3n) is 4.27. The number of hydrazine groups is 1. The second-order valence-electron chi connectivity index (χ2n) is 6.27. The number of carbonyl (C=O) groups excluding carboxylic acids is 2. The first-order valence-electron chi connectivity index (χ1n) is 8.73. The summed E-state index contributed by atoms with van der Waals surface area (Å²) >= 11 is 3.26. The molecular weight excluding hydrogens is 442 g/mol. The third kappa shape index (κ3) is 4.93. The summed E-state index contributed by atoms with van der Waals surface area (Å²) < 4.78 is 31.2. The van der Waals surface area contributed by atoms with Crippen molar-refractivity contribution in [1.82, 2.24) is 10.9 Å². The quantitative estimate of drug-likeness (QED) is 0.389. The van der Waals surface area contributed by atoms with E-state index in [1.807, 2.05) is 0 Å². The number of halogens is 3. The number of benzene rings is 3. The van der Waals surface area contributed by atoms with Gasteiger partial charge < -0.3 is 0 Å². The molecular formula is C22H17BrF2N2O2. The number of nitrogens with one attached hydrogen (secondary N) is 2. The first kappa shape index (κ1) is 20.8. The Hall–Kier alpha value is -2.90. The molecule has 2 N–H and O–H groups in total. The first-order valence-corrected chi connectivity index (χ1v) is 9.53. The monoisotopic (exact) mass is 458 g/mol. The highest BCUT2D eigenvalue weighted by Crippen LogP contribution is 2.34. The molecule has 0 aliphatic carbocycles. The van der Waals surface area contributed by atoms with Crippen molar-refractivity contribution in [2.24, 2.45) is 0 Å². The predicted octanol–water partition coefficient (Wildman–Crippen LogP) is 4.94. The van der Waals surface area contributed by atoms with E-state index < -0.39 is 23.7 Å². The molecule has 3 aromatic rings. The fourth-order valence-corrected chi connectivity index (χ4v) is 3.02. The molecule has 0 radical (unpaired) electrons. The maximum Gasteiger partial charge on any atom is 0.330 e. The van der Waals surface area contributed by atoms with Crippen LogP contribution >= 0.6 is 15.9 Å². The van der Waals surface area contributed by atoms with Crippen LogP contribution in [0.5, 0.6) is 0 Å². The Kier molecular flexibility index (Phi) is 6.51. The van der Waals surface area contributed by atoms with Crippen LogP contribution in [0.4, 0.5) is 8.78 Å². The second kappa shape index (κ2) is 9.07. The van der Waals surface area contributed by atoms with Crippen molar-refractivity contribution in [3.63, 3.8) is 0 Å². The van der Waals surface area contributed by atoms with E-state index in [0.29, 0.717) is 10.0 Å². The Morgan fingerprint density at radius 3 is 1.86 bits per heavy atom. The molecule has 1 amide bonds. The predicted molar refractivity (Wildman–Crippen MR) is 110 cm³/mol. The zero-order chi connectivity index (χ0) is 20.9. The summed E-state index contributed by atoms with van der Waals surface area (Å²) in [6, 6.07) is 19.8. The summed E-state index contributed by atoms with van der Waals surface area (Å²) in [5, 5.41) is 0. The van der Waals surface area contributed by atoms with E-state index in [9.17, 15) is 9.59 Å². The van der Waals surface area contributed by atoms with Crippen LogP contribution in [-0.2, 0) is 0 Å². The van der Waals surface area contributed by atoms with Gasteiger partial charge in [-0.05, 0) is 29.8 Å². The molecule has 3 rings (SSSR count). The van der Waals surface area contributed by atoms with E-state index in [1.165, 1.54) is 36.4 Å². The highest BCUT2D eigenvalue weighted by Gasteiger charge is 2.48. The minimum absolute atomic E-state index is 0.115. The molecule has 1 unspecified atom stereocenters. The fourth-order valence-electron chi connectivity index (χ4n) is 2.75. The first-order chi connectivity index (χ1) is 13.9. The number of ketones is 1. The summed E-state index contributed by atoms with van der Waals surface area (Å²) in [5.74, 6) is -5.75. The smallest absolute Gasteiger partial charge is 0.287 e. The molecule has 1 atom stereocenters. The molecule has 0 bridgehead atoms. The Labute approximate surface area is 175 Å². The SMILES string of the molecule is O=C(NNC(c1ccc(Br)cc1)C(F)(F)C(=O)c1ccccc1)c1ccccc1. The van der Waals surface area contributed by atoms with Crippen molar-refractivity contribution in [2.45, 2.75) is 12.0 Å². The normalized spacial score (nSPS) is 12.2. The average Bonchev–Trinajstić information content (AvgIpc) is 2.75. The van der Waals surface area contributed by atoms with Gasteiger partial charge in [-0.2, -0.15) is 8.78 Å². The van der Waals surface area contributed by atoms with E-state index in [0.717, 1.165) is 0 Å². The summed E-state index contributed by atoms with van der Waals surface area (Å²) in [6.45, 7) is 0. The van der Waals surface area contributed by atoms with Gasteiger partial charge in [0.15, 0.2) is 0 Å². The molecule has 0 aliphatic heterocycles. The number of carbonyl (C=O) groups is 2. The van der Waals surface area contributed by atoms with Crippen LogP contribution in [-0.4, -0.2) is 17.6 Å². The number of hydrogen-bond donors (Lipinski definition) is 2. The van der Waals surface area contributed by atoms with Crippen LogP contribution in [0.3, 0.4) is 0 Å². The summed E-state index contributed by atoms with van der Waals surface area (Å²) in [4.78, 5) is 24.8. The van der Waals surface area contributed by atoms with Gasteiger partial charge in [-0.1, -0.05) is 76.6 Å². The maximum absolute atomic E-state index is 15.2. The van der Waals surface area contributed by atoms with Crippen LogP contribution < -0.4 is 10.9 Å². The molecule has 4 nitrogen and oxygen atoms in total. The van der Waals surface area contributed by atoms with Crippen molar-refractivity contribution in [3.05, 3.63) is 106 Å². The summed E-state index contributed by atoms with van der Waals surface area (Å²) in [7, 11) is 0. The Balaban J connectivity index is 1.89. The number of hydrogen-bond acceptors (Lipinski definition) is 3. The van der Waals surface area contributed by atoms with Crippen LogP contribution in [0.15, 0.2) is 89.4 Å². The molecule has 7 heteroatoms. The second-order valence-corrected chi connectivity index (χ2v) is 7.18. The van der Waals surface area contributed by atoms with Crippen LogP contribution in [0.2, 0.25) is 0 Å². The van der Waals surface area contributed by atoms with Crippen molar-refractivity contribution in [1.29, 1.82) is 0 Å². The molecule has 0 aliphatic rings. The lowest BCUT2D eigenvalue weighted by molar-refractivity contribution is -0.0194. The van der Waals surface area contributed by atoms with E-state index in [4.69, 9.17) is 0 Å². The fraction of sp³-hybridized carbons (Fsp3) is 0.0909. The van der Waals surface area contributed by atoms with Crippen LogP contribution in [0.1, 0.15) is 32.3 Å². The topological polar surface area (TPSA) is 58.2 Å². The van der Waals surface area contributed by atoms with Crippen molar-refractivity contribution >= 4 is 27.6 Å². The highest BCUT2D eigenvalue weighted by atomic mass is 79.9. The zero-order valence-electron chi connectivity index (χ0n) is 15.1. The van der Waals surface area contributed by atoms with E-state index >= 15 is 8.78 Å². The lowest BCUT2D eigenvalue weighted by Crippen LogP contribution is -2.50. The van der Waals surface area contributed by atoms with Gasteiger partial charge in [0.2, 0.25) is 5.78 Å². The molecule has 0 saturated heterocycles. The third-order valence-corrected chi connectivity index (χ3v) is 4.80. The van der Waals surface area contributed by atoms with Crippen molar-refractivity contribution in [2.75, 3.05) is 0 Å². The van der Waals surface area contributed by atoms with Gasteiger partial charge in [-0.25, -0.2) is 5.43 Å². The number of rotatable bonds is 7. The average molecular weight is 459 g/mol. The molecule has 0 saturated carbocycles. The van der Waals surface area contributed by atoms with Gasteiger partial charge in [-0.15, -0.1) is 0 Å². The van der Waals surface area contributed by atoms with E-state index in [-0.39, 0.29) is 11.1 Å². The molecule has 29 heavy (non-hydrogen) atoms. The van der Waals surface area contributed by atoms with Gasteiger partial charge in [0.05, 0.1) is 0 Å². The van der Waals surface area contributed by atoms with E-state index in [1.54, 1.807) is 48.5 Å². The number of amides is 1. The molecule has 0 spiro atoms. The van der Waals surface area contributed by atoms with Gasteiger partial charge in [0.25, 0.3) is 5.91 Å². The van der Waals surface area contributed by atoms with Crippen LogP contribution in [0, 0.1) is 0 Å². The maximum atomic E-state index is 15.2. The minimum atomic E-state index is -3.82.